The Bertz CT molecular complexity index is 959. The smallest absolute Gasteiger partial charge is 0.408 e. The number of aromatic nitrogens is 1. The third kappa shape index (κ3) is 6.34. The quantitative estimate of drug-likeness (QED) is 0.716. The van der Waals surface area contributed by atoms with Gasteiger partial charge in [-0.2, -0.15) is 0 Å². The van der Waals surface area contributed by atoms with Crippen LogP contribution >= 0.6 is 0 Å². The first-order valence-electron chi connectivity index (χ1n) is 11.0. The van der Waals surface area contributed by atoms with E-state index in [9.17, 15) is 9.59 Å². The molecule has 6 heteroatoms. The maximum Gasteiger partial charge on any atom is 0.408 e. The number of ether oxygens (including phenoxy) is 1. The van der Waals surface area contributed by atoms with Crippen LogP contribution in [0.15, 0.2) is 48.8 Å². The van der Waals surface area contributed by atoms with Crippen LogP contribution in [0.3, 0.4) is 0 Å². The Morgan fingerprint density at radius 3 is 2.62 bits per heavy atom. The highest BCUT2D eigenvalue weighted by atomic mass is 16.6. The topological polar surface area (TPSA) is 71.5 Å². The molecule has 0 spiro atoms. The minimum atomic E-state index is -0.751. The van der Waals surface area contributed by atoms with Gasteiger partial charge in [-0.05, 0) is 69.4 Å². The number of nitrogens with zero attached hydrogens (tertiary/aromatic N) is 2. The number of carbonyl (C=O) groups is 2. The van der Waals surface area contributed by atoms with Crippen LogP contribution in [0.4, 0.5) is 4.79 Å². The molecule has 168 valence electrons. The molecule has 2 atom stereocenters. The van der Waals surface area contributed by atoms with E-state index >= 15 is 0 Å². The highest BCUT2D eigenvalue weighted by molar-refractivity contribution is 5.86. The first-order valence-corrected chi connectivity index (χ1v) is 11.0. The fourth-order valence-corrected chi connectivity index (χ4v) is 3.94. The van der Waals surface area contributed by atoms with Crippen LogP contribution in [0.1, 0.15) is 62.8 Å². The maximum atomic E-state index is 13.7. The highest BCUT2D eigenvalue weighted by Gasteiger charge is 2.34. The lowest BCUT2D eigenvalue weighted by molar-refractivity contribution is -0.137. The largest absolute Gasteiger partial charge is 0.444 e. The molecule has 1 aliphatic rings. The number of likely N-dealkylation sites (tertiary alicyclic amines) is 1. The summed E-state index contributed by atoms with van der Waals surface area (Å²) in [6, 6.07) is 10.5. The Morgan fingerprint density at radius 1 is 1.25 bits per heavy atom. The van der Waals surface area contributed by atoms with Gasteiger partial charge in [-0.25, -0.2) is 4.79 Å². The van der Waals surface area contributed by atoms with Crippen molar-refractivity contribution in [3.8, 4) is 12.3 Å². The molecule has 0 bridgehead atoms. The van der Waals surface area contributed by atoms with Crippen molar-refractivity contribution in [2.24, 2.45) is 0 Å². The van der Waals surface area contributed by atoms with Crippen molar-refractivity contribution in [3.05, 3.63) is 65.5 Å². The van der Waals surface area contributed by atoms with Crippen molar-refractivity contribution < 1.29 is 14.3 Å². The second-order valence-electron chi connectivity index (χ2n) is 9.07. The van der Waals surface area contributed by atoms with Gasteiger partial charge in [-0.1, -0.05) is 24.1 Å². The zero-order valence-electron chi connectivity index (χ0n) is 19.0. The van der Waals surface area contributed by atoms with Gasteiger partial charge in [0.2, 0.25) is 5.91 Å². The van der Waals surface area contributed by atoms with Crippen molar-refractivity contribution in [2.45, 2.75) is 64.1 Å². The van der Waals surface area contributed by atoms with Crippen molar-refractivity contribution >= 4 is 12.0 Å². The van der Waals surface area contributed by atoms with E-state index in [4.69, 9.17) is 11.2 Å². The number of hydrogen-bond donors (Lipinski definition) is 1. The molecule has 0 saturated carbocycles. The summed E-state index contributed by atoms with van der Waals surface area (Å²) in [7, 11) is 0. The van der Waals surface area contributed by atoms with E-state index in [1.165, 1.54) is 0 Å². The summed E-state index contributed by atoms with van der Waals surface area (Å²) < 4.78 is 5.43. The van der Waals surface area contributed by atoms with E-state index < -0.39 is 17.7 Å². The van der Waals surface area contributed by atoms with E-state index in [-0.39, 0.29) is 11.9 Å². The Kier molecular flexibility index (Phi) is 7.53. The molecule has 6 nitrogen and oxygen atoms in total. The molecule has 1 aliphatic heterocycles. The first kappa shape index (κ1) is 23.3. The molecule has 32 heavy (non-hydrogen) atoms. The summed E-state index contributed by atoms with van der Waals surface area (Å²) in [5.74, 6) is 2.47. The van der Waals surface area contributed by atoms with E-state index in [1.807, 2.05) is 47.5 Å². The van der Waals surface area contributed by atoms with Gasteiger partial charge in [0.15, 0.2) is 0 Å². The summed E-state index contributed by atoms with van der Waals surface area (Å²) in [5.41, 5.74) is 2.03. The molecular weight excluding hydrogens is 402 g/mol. The molecule has 2 unspecified atom stereocenters. The monoisotopic (exact) mass is 433 g/mol. The lowest BCUT2D eigenvalue weighted by Crippen LogP contribution is -2.52. The second-order valence-corrected chi connectivity index (χ2v) is 9.07. The van der Waals surface area contributed by atoms with Gasteiger partial charge in [-0.15, -0.1) is 6.42 Å². The summed E-state index contributed by atoms with van der Waals surface area (Å²) in [5, 5.41) is 2.81. The summed E-state index contributed by atoms with van der Waals surface area (Å²) >= 11 is 0. The fraction of sp³-hybridized carbons (Fsp3) is 0.423. The van der Waals surface area contributed by atoms with Gasteiger partial charge in [0.25, 0.3) is 0 Å². The van der Waals surface area contributed by atoms with Crippen molar-refractivity contribution in [1.82, 2.24) is 15.2 Å². The van der Waals surface area contributed by atoms with Crippen LogP contribution in [0.5, 0.6) is 0 Å². The van der Waals surface area contributed by atoms with Crippen LogP contribution in [0.25, 0.3) is 0 Å². The van der Waals surface area contributed by atoms with Crippen LogP contribution in [-0.2, 0) is 16.0 Å². The third-order valence-corrected chi connectivity index (χ3v) is 5.40. The third-order valence-electron chi connectivity index (χ3n) is 5.40. The van der Waals surface area contributed by atoms with Gasteiger partial charge in [-0.3, -0.25) is 9.78 Å². The van der Waals surface area contributed by atoms with Crippen molar-refractivity contribution in [2.75, 3.05) is 6.54 Å². The van der Waals surface area contributed by atoms with Crippen molar-refractivity contribution in [1.29, 1.82) is 0 Å². The molecule has 0 radical (unpaired) electrons. The number of piperidine rings is 1. The van der Waals surface area contributed by atoms with E-state index in [2.05, 4.69) is 16.2 Å². The predicted octanol–water partition coefficient (Wildman–Crippen LogP) is 4.25. The molecule has 0 aliphatic carbocycles. The minimum Gasteiger partial charge on any atom is -0.444 e. The summed E-state index contributed by atoms with van der Waals surface area (Å²) in [6.07, 6.45) is 11.6. The number of benzene rings is 1. The maximum absolute atomic E-state index is 13.7. The SMILES string of the molecule is C#Cc1ccc(CC(NC(=O)OC(C)(C)C)C(=O)N2CCCCC2c2cccnc2)cc1. The molecule has 2 aromatic rings. The summed E-state index contributed by atoms with van der Waals surface area (Å²) in [4.78, 5) is 32.4. The standard InChI is InChI=1S/C26H31N3O3/c1-5-19-11-13-20(14-12-19)17-22(28-25(31)32-26(2,3)4)24(30)29-16-7-6-10-23(29)21-9-8-15-27-18-21/h1,8-9,11-15,18,22-23H,6-7,10,16-17H2,2-4H3,(H,28,31). The average Bonchev–Trinajstić information content (AvgIpc) is 2.78. The van der Waals surface area contributed by atoms with E-state index in [1.54, 1.807) is 27.0 Å². The molecule has 1 fully saturated rings. The lowest BCUT2D eigenvalue weighted by Gasteiger charge is -2.38. The lowest BCUT2D eigenvalue weighted by atomic mass is 9.94. The number of hydrogen-bond acceptors (Lipinski definition) is 4. The van der Waals surface area contributed by atoms with E-state index in [0.29, 0.717) is 13.0 Å². The number of alkyl carbamates (subject to hydrolysis) is 1. The number of rotatable bonds is 5. The van der Waals surface area contributed by atoms with Gasteiger partial charge < -0.3 is 15.0 Å². The Labute approximate surface area is 190 Å². The number of pyridine rings is 1. The van der Waals surface area contributed by atoms with Gasteiger partial charge in [0.05, 0.1) is 6.04 Å². The molecule has 1 aromatic heterocycles. The molecule has 2 amide bonds. The van der Waals surface area contributed by atoms with E-state index in [0.717, 1.165) is 36.0 Å². The molecule has 1 saturated heterocycles. The molecule has 3 rings (SSSR count). The molecular formula is C26H31N3O3. The fourth-order valence-electron chi connectivity index (χ4n) is 3.94. The van der Waals surface area contributed by atoms with Gasteiger partial charge in [0.1, 0.15) is 11.6 Å². The number of terminal acetylenes is 1. The predicted molar refractivity (Wildman–Crippen MR) is 124 cm³/mol. The molecule has 2 heterocycles. The minimum absolute atomic E-state index is 0.0586. The number of amides is 2. The van der Waals surface area contributed by atoms with Crippen LogP contribution < -0.4 is 5.32 Å². The Balaban J connectivity index is 1.85. The number of nitrogens with one attached hydrogen (secondary N) is 1. The Morgan fingerprint density at radius 2 is 2.00 bits per heavy atom. The zero-order valence-corrected chi connectivity index (χ0v) is 19.0. The van der Waals surface area contributed by atoms with Gasteiger partial charge >= 0.3 is 6.09 Å². The van der Waals surface area contributed by atoms with Crippen LogP contribution in [0, 0.1) is 12.3 Å². The van der Waals surface area contributed by atoms with Crippen LogP contribution in [-0.4, -0.2) is 40.1 Å². The highest BCUT2D eigenvalue weighted by Crippen LogP contribution is 2.31. The zero-order chi connectivity index (χ0) is 23.1. The summed E-state index contributed by atoms with van der Waals surface area (Å²) in [6.45, 7) is 6.03. The normalized spacial score (nSPS) is 17.2. The first-order chi connectivity index (χ1) is 15.3. The Hall–Kier alpha value is -3.33. The molecule has 1 N–H and O–H groups in total. The van der Waals surface area contributed by atoms with Crippen molar-refractivity contribution in [3.63, 3.8) is 0 Å². The average molecular weight is 434 g/mol. The molecule has 1 aromatic carbocycles. The van der Waals surface area contributed by atoms with Crippen LogP contribution in [0.2, 0.25) is 0 Å². The second kappa shape index (κ2) is 10.3. The van der Waals surface area contributed by atoms with Gasteiger partial charge in [0, 0.05) is 30.9 Å². The number of carbonyl (C=O) groups excluding carboxylic acids is 2.